The minimum atomic E-state index is -4.80. The molecular weight excluding hydrogens is 252 g/mol. The molecule has 0 saturated carbocycles. The molecule has 2 radical (unpaired) electrons. The summed E-state index contributed by atoms with van der Waals surface area (Å²) in [6.45, 7) is 0. The third-order valence-electron chi connectivity index (χ3n) is 3.45. The van der Waals surface area contributed by atoms with Gasteiger partial charge in [0.25, 0.3) is 0 Å². The molecule has 0 aliphatic heterocycles. The molecule has 1 aliphatic carbocycles. The molecule has 94 valence electrons. The summed E-state index contributed by atoms with van der Waals surface area (Å²) >= 11 is 0. The lowest BCUT2D eigenvalue weighted by Crippen LogP contribution is -2.42. The molecule has 1 atom stereocenters. The van der Waals surface area contributed by atoms with E-state index in [1.54, 1.807) is 12.1 Å². The average molecular weight is 260 g/mol. The van der Waals surface area contributed by atoms with Crippen molar-refractivity contribution < 1.29 is 18.3 Å². The Bertz CT molecular complexity index is 666. The molecule has 0 aromatic heterocycles. The Hall–Kier alpha value is -1.75. The fourth-order valence-electron chi connectivity index (χ4n) is 2.58. The summed E-state index contributed by atoms with van der Waals surface area (Å²) in [7, 11) is 5.55. The third kappa shape index (κ3) is 1.48. The molecule has 2 aromatic rings. The maximum atomic E-state index is 13.3. The molecule has 1 aliphatic rings. The van der Waals surface area contributed by atoms with Crippen LogP contribution in [0.25, 0.3) is 11.1 Å². The Morgan fingerprint density at radius 1 is 0.947 bits per heavy atom. The Morgan fingerprint density at radius 3 is 2.26 bits per heavy atom. The van der Waals surface area contributed by atoms with Crippen LogP contribution in [0.5, 0.6) is 0 Å². The summed E-state index contributed by atoms with van der Waals surface area (Å²) in [5.74, 6) is 0. The zero-order chi connectivity index (χ0) is 13.8. The highest BCUT2D eigenvalue weighted by Crippen LogP contribution is 2.54. The molecule has 0 bridgehead atoms. The predicted molar refractivity (Wildman–Crippen MR) is 66.3 cm³/mol. The SMILES string of the molecule is [B]c1ccc2c(c1)C(O)(C(F)(F)F)c1ccccc1-2. The molecule has 5 heteroatoms. The number of alkyl halides is 3. The van der Waals surface area contributed by atoms with Crippen molar-refractivity contribution in [2.24, 2.45) is 0 Å². The van der Waals surface area contributed by atoms with Gasteiger partial charge in [0.1, 0.15) is 7.85 Å². The molecule has 1 unspecified atom stereocenters. The molecule has 0 saturated heterocycles. The van der Waals surface area contributed by atoms with Crippen LogP contribution in [0.4, 0.5) is 13.2 Å². The molecule has 2 aromatic carbocycles. The first-order chi connectivity index (χ1) is 8.85. The summed E-state index contributed by atoms with van der Waals surface area (Å²) in [5, 5.41) is 10.3. The fraction of sp³-hybridized carbons (Fsp3) is 0.143. The zero-order valence-corrected chi connectivity index (χ0v) is 9.70. The Morgan fingerprint density at radius 2 is 1.58 bits per heavy atom. The van der Waals surface area contributed by atoms with Crippen LogP contribution in [-0.2, 0) is 5.60 Å². The summed E-state index contributed by atoms with van der Waals surface area (Å²) in [5.41, 5.74) is -2.41. The second kappa shape index (κ2) is 3.64. The van der Waals surface area contributed by atoms with Crippen LogP contribution in [0, 0.1) is 0 Å². The summed E-state index contributed by atoms with van der Waals surface area (Å²) in [6.07, 6.45) is -4.80. The average Bonchev–Trinajstić information content (AvgIpc) is 2.61. The Labute approximate surface area is 109 Å². The summed E-state index contributed by atoms with van der Waals surface area (Å²) < 4.78 is 40.0. The van der Waals surface area contributed by atoms with E-state index in [0.29, 0.717) is 11.1 Å². The van der Waals surface area contributed by atoms with Gasteiger partial charge in [-0.2, -0.15) is 13.2 Å². The van der Waals surface area contributed by atoms with Gasteiger partial charge in [-0.1, -0.05) is 47.9 Å². The number of hydrogen-bond acceptors (Lipinski definition) is 1. The molecule has 1 N–H and O–H groups in total. The topological polar surface area (TPSA) is 20.2 Å². The van der Waals surface area contributed by atoms with Crippen LogP contribution in [0.3, 0.4) is 0 Å². The van der Waals surface area contributed by atoms with Crippen molar-refractivity contribution >= 4 is 13.3 Å². The van der Waals surface area contributed by atoms with Crippen LogP contribution in [0.2, 0.25) is 0 Å². The number of benzene rings is 2. The predicted octanol–water partition coefficient (Wildman–Crippen LogP) is 2.26. The quantitative estimate of drug-likeness (QED) is 0.720. The van der Waals surface area contributed by atoms with Crippen LogP contribution in [-0.4, -0.2) is 19.1 Å². The maximum absolute atomic E-state index is 13.3. The molecule has 0 fully saturated rings. The standard InChI is InChI=1S/C14H8BF3O/c15-8-5-6-10-9-3-1-2-4-11(9)13(19,12(10)7-8)14(16,17)18/h1-7,19H. The first-order valence-electron chi connectivity index (χ1n) is 5.64. The van der Waals surface area contributed by atoms with E-state index < -0.39 is 11.8 Å². The monoisotopic (exact) mass is 260 g/mol. The van der Waals surface area contributed by atoms with Crippen LogP contribution in [0.15, 0.2) is 42.5 Å². The molecule has 1 nitrogen and oxygen atoms in total. The third-order valence-corrected chi connectivity index (χ3v) is 3.45. The van der Waals surface area contributed by atoms with Crippen molar-refractivity contribution in [3.63, 3.8) is 0 Å². The van der Waals surface area contributed by atoms with Gasteiger partial charge in [0.05, 0.1) is 0 Å². The van der Waals surface area contributed by atoms with Gasteiger partial charge in [-0.25, -0.2) is 0 Å². The van der Waals surface area contributed by atoms with Crippen molar-refractivity contribution in [2.45, 2.75) is 11.8 Å². The number of rotatable bonds is 0. The molecule has 0 amide bonds. The van der Waals surface area contributed by atoms with E-state index in [1.807, 2.05) is 0 Å². The highest BCUT2D eigenvalue weighted by Gasteiger charge is 2.60. The lowest BCUT2D eigenvalue weighted by Gasteiger charge is -2.28. The molecular formula is C14H8BF3O. The van der Waals surface area contributed by atoms with Gasteiger partial charge in [-0.05, 0) is 11.1 Å². The van der Waals surface area contributed by atoms with Gasteiger partial charge in [-0.15, -0.1) is 0 Å². The number of fused-ring (bicyclic) bond motifs is 3. The lowest BCUT2D eigenvalue weighted by molar-refractivity contribution is -0.246. The van der Waals surface area contributed by atoms with Gasteiger partial charge in [0.2, 0.25) is 5.60 Å². The van der Waals surface area contributed by atoms with E-state index >= 15 is 0 Å². The maximum Gasteiger partial charge on any atom is 0.425 e. The van der Waals surface area contributed by atoms with Gasteiger partial charge in [0, 0.05) is 11.1 Å². The van der Waals surface area contributed by atoms with Crippen molar-refractivity contribution in [3.05, 3.63) is 53.6 Å². The number of aliphatic hydroxyl groups is 1. The minimum absolute atomic E-state index is 0.150. The normalized spacial score (nSPS) is 21.1. The van der Waals surface area contributed by atoms with Gasteiger partial charge >= 0.3 is 6.18 Å². The first kappa shape index (κ1) is 12.3. The van der Waals surface area contributed by atoms with E-state index in [0.717, 1.165) is 0 Å². The van der Waals surface area contributed by atoms with Crippen molar-refractivity contribution in [2.75, 3.05) is 0 Å². The number of halogens is 3. The van der Waals surface area contributed by atoms with Gasteiger partial charge in [-0.3, -0.25) is 0 Å². The molecule has 0 heterocycles. The fourth-order valence-corrected chi connectivity index (χ4v) is 2.58. The largest absolute Gasteiger partial charge is 0.425 e. The second-order valence-electron chi connectivity index (χ2n) is 4.56. The van der Waals surface area contributed by atoms with Crippen molar-refractivity contribution in [3.8, 4) is 11.1 Å². The van der Waals surface area contributed by atoms with E-state index in [2.05, 4.69) is 0 Å². The van der Waals surface area contributed by atoms with Crippen molar-refractivity contribution in [1.29, 1.82) is 0 Å². The molecule has 19 heavy (non-hydrogen) atoms. The smallest absolute Gasteiger partial charge is 0.372 e. The van der Waals surface area contributed by atoms with E-state index in [9.17, 15) is 18.3 Å². The van der Waals surface area contributed by atoms with Crippen LogP contribution < -0.4 is 5.46 Å². The van der Waals surface area contributed by atoms with Crippen LogP contribution >= 0.6 is 0 Å². The number of hydrogen-bond donors (Lipinski definition) is 1. The summed E-state index contributed by atoms with van der Waals surface area (Å²) in [4.78, 5) is 0. The van der Waals surface area contributed by atoms with E-state index in [4.69, 9.17) is 7.85 Å². The highest BCUT2D eigenvalue weighted by molar-refractivity contribution is 6.32. The molecule has 3 rings (SSSR count). The van der Waals surface area contributed by atoms with E-state index in [-0.39, 0.29) is 16.6 Å². The Balaban J connectivity index is 2.42. The minimum Gasteiger partial charge on any atom is -0.372 e. The van der Waals surface area contributed by atoms with Crippen LogP contribution in [0.1, 0.15) is 11.1 Å². The first-order valence-corrected chi connectivity index (χ1v) is 5.64. The summed E-state index contributed by atoms with van der Waals surface area (Å²) in [6, 6.07) is 10.2. The van der Waals surface area contributed by atoms with Gasteiger partial charge in [0.15, 0.2) is 0 Å². The second-order valence-corrected chi connectivity index (χ2v) is 4.56. The Kier molecular flexibility index (Phi) is 2.35. The zero-order valence-electron chi connectivity index (χ0n) is 9.70. The lowest BCUT2D eigenvalue weighted by atomic mass is 9.86. The van der Waals surface area contributed by atoms with Gasteiger partial charge < -0.3 is 5.11 Å². The molecule has 0 spiro atoms. The highest BCUT2D eigenvalue weighted by atomic mass is 19.4. The van der Waals surface area contributed by atoms with E-state index in [1.165, 1.54) is 30.3 Å². The van der Waals surface area contributed by atoms with Crippen molar-refractivity contribution in [1.82, 2.24) is 0 Å².